The Hall–Kier alpha value is -4.57. The van der Waals surface area contributed by atoms with Gasteiger partial charge >= 0.3 is 0 Å². The fourth-order valence-electron chi connectivity index (χ4n) is 6.36. The van der Waals surface area contributed by atoms with Crippen molar-refractivity contribution in [2.24, 2.45) is 0 Å². The molecular formula is C31H18N4. The minimum Gasteiger partial charge on any atom is -0.276 e. The molecule has 7 aromatic rings. The second-order valence-corrected chi connectivity index (χ2v) is 9.72. The number of aromatic nitrogens is 4. The third-order valence-electron chi connectivity index (χ3n) is 7.87. The first-order chi connectivity index (χ1) is 17.3. The van der Waals surface area contributed by atoms with Crippen molar-refractivity contribution >= 4 is 38.6 Å². The smallest absolute Gasteiger partial charge is 0.149 e. The molecule has 9 rings (SSSR count). The lowest BCUT2D eigenvalue weighted by Gasteiger charge is -2.08. The van der Waals surface area contributed by atoms with Crippen LogP contribution in [0.1, 0.15) is 22.3 Å². The van der Waals surface area contributed by atoms with Gasteiger partial charge in [-0.3, -0.25) is 9.38 Å². The Kier molecular flexibility index (Phi) is 3.11. The fraction of sp³-hybridized carbons (Fsp3) is 0.0645. The first kappa shape index (κ1) is 17.8. The van der Waals surface area contributed by atoms with E-state index in [0.29, 0.717) is 0 Å². The van der Waals surface area contributed by atoms with Gasteiger partial charge in [-0.2, -0.15) is 0 Å². The molecule has 0 atom stereocenters. The summed E-state index contributed by atoms with van der Waals surface area (Å²) in [5, 5.41) is 2.10. The number of fused-ring (bicyclic) bond motifs is 14. The van der Waals surface area contributed by atoms with Crippen LogP contribution in [-0.4, -0.2) is 19.4 Å². The van der Waals surface area contributed by atoms with Crippen molar-refractivity contribution < 1.29 is 0 Å². The number of imidazole rings is 1. The summed E-state index contributed by atoms with van der Waals surface area (Å²) in [7, 11) is 0. The molecule has 2 aliphatic rings. The highest BCUT2D eigenvalue weighted by Crippen LogP contribution is 2.46. The number of pyridine rings is 3. The molecule has 0 spiro atoms. The van der Waals surface area contributed by atoms with Crippen LogP contribution in [0.2, 0.25) is 0 Å². The van der Waals surface area contributed by atoms with Crippen molar-refractivity contribution in [3.8, 4) is 22.3 Å². The lowest BCUT2D eigenvalue weighted by atomic mass is 9.98. The number of hydrogen-bond donors (Lipinski definition) is 0. The molecule has 0 aliphatic heterocycles. The van der Waals surface area contributed by atoms with E-state index < -0.39 is 0 Å². The predicted molar refractivity (Wildman–Crippen MR) is 140 cm³/mol. The summed E-state index contributed by atoms with van der Waals surface area (Å²) in [5.74, 6) is 0. The molecule has 0 bridgehead atoms. The average molecular weight is 447 g/mol. The molecule has 4 nitrogen and oxygen atoms in total. The van der Waals surface area contributed by atoms with Gasteiger partial charge in [-0.1, -0.05) is 30.3 Å². The van der Waals surface area contributed by atoms with Crippen LogP contribution in [0.5, 0.6) is 0 Å². The quantitative estimate of drug-likeness (QED) is 0.243. The second-order valence-electron chi connectivity index (χ2n) is 9.72. The average Bonchev–Trinajstić information content (AvgIpc) is 3.56. The van der Waals surface area contributed by atoms with Crippen LogP contribution in [0.3, 0.4) is 0 Å². The molecular weight excluding hydrogens is 428 g/mol. The Labute approximate surface area is 200 Å². The van der Waals surface area contributed by atoms with E-state index in [1.807, 2.05) is 24.5 Å². The molecule has 3 aromatic carbocycles. The van der Waals surface area contributed by atoms with E-state index in [2.05, 4.69) is 70.0 Å². The summed E-state index contributed by atoms with van der Waals surface area (Å²) in [6.45, 7) is 0. The summed E-state index contributed by atoms with van der Waals surface area (Å²) in [6.07, 6.45) is 5.68. The minimum absolute atomic E-state index is 0.900. The van der Waals surface area contributed by atoms with Gasteiger partial charge in [0.15, 0.2) is 0 Å². The van der Waals surface area contributed by atoms with E-state index in [9.17, 15) is 0 Å². The predicted octanol–water partition coefficient (Wildman–Crippen LogP) is 6.73. The Morgan fingerprint density at radius 2 is 1.29 bits per heavy atom. The van der Waals surface area contributed by atoms with Crippen LogP contribution in [-0.2, 0) is 12.8 Å². The zero-order valence-electron chi connectivity index (χ0n) is 18.8. The third-order valence-corrected chi connectivity index (χ3v) is 7.87. The van der Waals surface area contributed by atoms with E-state index in [-0.39, 0.29) is 0 Å². The van der Waals surface area contributed by atoms with E-state index in [4.69, 9.17) is 9.97 Å². The summed E-state index contributed by atoms with van der Waals surface area (Å²) < 4.78 is 2.22. The summed E-state index contributed by atoms with van der Waals surface area (Å²) in [5.41, 5.74) is 16.0. The highest BCUT2D eigenvalue weighted by molar-refractivity contribution is 6.11. The van der Waals surface area contributed by atoms with Crippen molar-refractivity contribution in [2.45, 2.75) is 12.8 Å². The minimum atomic E-state index is 0.900. The van der Waals surface area contributed by atoms with Crippen molar-refractivity contribution in [3.63, 3.8) is 0 Å². The molecule has 0 radical (unpaired) electrons. The summed E-state index contributed by atoms with van der Waals surface area (Å²) in [4.78, 5) is 14.6. The van der Waals surface area contributed by atoms with Gasteiger partial charge in [0.25, 0.3) is 0 Å². The highest BCUT2D eigenvalue weighted by atomic mass is 15.1. The molecule has 2 aliphatic carbocycles. The van der Waals surface area contributed by atoms with Gasteiger partial charge in [0.1, 0.15) is 11.3 Å². The molecule has 0 amide bonds. The van der Waals surface area contributed by atoms with E-state index in [1.165, 1.54) is 44.5 Å². The normalized spacial score (nSPS) is 13.5. The zero-order valence-corrected chi connectivity index (χ0v) is 18.8. The molecule has 0 saturated heterocycles. The van der Waals surface area contributed by atoms with Crippen molar-refractivity contribution in [3.05, 3.63) is 107 Å². The van der Waals surface area contributed by atoms with Crippen molar-refractivity contribution in [2.75, 3.05) is 0 Å². The van der Waals surface area contributed by atoms with Crippen LogP contribution < -0.4 is 0 Å². The SMILES string of the molecule is c1ccc2c(c1)Cc1cc3c(cc1-2)-c1cc2c(cc1C3)nc1c3cccnc3c3cccnc3n21. The van der Waals surface area contributed by atoms with Crippen LogP contribution in [0, 0.1) is 0 Å². The van der Waals surface area contributed by atoms with E-state index in [1.54, 1.807) is 0 Å². The Bertz CT molecular complexity index is 2070. The van der Waals surface area contributed by atoms with E-state index >= 15 is 0 Å². The van der Waals surface area contributed by atoms with E-state index in [0.717, 1.165) is 51.5 Å². The lowest BCUT2D eigenvalue weighted by Crippen LogP contribution is -1.95. The summed E-state index contributed by atoms with van der Waals surface area (Å²) in [6, 6.07) is 26.5. The fourth-order valence-corrected chi connectivity index (χ4v) is 6.36. The summed E-state index contributed by atoms with van der Waals surface area (Å²) >= 11 is 0. The van der Waals surface area contributed by atoms with Gasteiger partial charge in [0.05, 0.1) is 16.6 Å². The van der Waals surface area contributed by atoms with Gasteiger partial charge in [0, 0.05) is 23.2 Å². The lowest BCUT2D eigenvalue weighted by molar-refractivity contribution is 1.21. The molecule has 4 heterocycles. The molecule has 162 valence electrons. The van der Waals surface area contributed by atoms with Crippen LogP contribution in [0.25, 0.3) is 60.9 Å². The maximum Gasteiger partial charge on any atom is 0.149 e. The number of nitrogens with zero attached hydrogens (tertiary/aromatic N) is 4. The van der Waals surface area contributed by atoms with Crippen molar-refractivity contribution in [1.82, 2.24) is 19.4 Å². The van der Waals surface area contributed by atoms with Crippen molar-refractivity contribution in [1.29, 1.82) is 0 Å². The molecule has 0 N–H and O–H groups in total. The Balaban J connectivity index is 1.37. The molecule has 35 heavy (non-hydrogen) atoms. The van der Waals surface area contributed by atoms with Crippen LogP contribution >= 0.6 is 0 Å². The first-order valence-electron chi connectivity index (χ1n) is 12.0. The highest BCUT2D eigenvalue weighted by Gasteiger charge is 2.26. The number of rotatable bonds is 0. The topological polar surface area (TPSA) is 43.1 Å². The zero-order chi connectivity index (χ0) is 22.7. The maximum atomic E-state index is 5.11. The van der Waals surface area contributed by atoms with Gasteiger partial charge in [-0.25, -0.2) is 9.97 Å². The molecule has 0 unspecified atom stereocenters. The maximum absolute atomic E-state index is 5.11. The Morgan fingerprint density at radius 1 is 0.571 bits per heavy atom. The standard InChI is InChI=1S/C31H18N4/c1-2-6-21-17(5-1)11-18-12-19-13-20-14-27-28(16-26(20)25(19)15-24(18)21)35-30-22(7-4-10-33-30)29-23(31(35)34-27)8-3-9-32-29/h1-10,12,14-16H,11,13H2. The molecule has 4 heteroatoms. The third kappa shape index (κ3) is 2.20. The van der Waals surface area contributed by atoms with Crippen LogP contribution in [0.4, 0.5) is 0 Å². The van der Waals surface area contributed by atoms with Gasteiger partial charge in [-0.15, -0.1) is 0 Å². The number of benzene rings is 3. The first-order valence-corrected chi connectivity index (χ1v) is 12.0. The van der Waals surface area contributed by atoms with Gasteiger partial charge in [-0.05, 0) is 99.8 Å². The molecule has 0 saturated carbocycles. The van der Waals surface area contributed by atoms with Crippen LogP contribution in [0.15, 0.2) is 85.2 Å². The Morgan fingerprint density at radius 3 is 2.20 bits per heavy atom. The number of hydrogen-bond acceptors (Lipinski definition) is 3. The van der Waals surface area contributed by atoms with Gasteiger partial charge < -0.3 is 0 Å². The molecule has 4 aromatic heterocycles. The monoisotopic (exact) mass is 446 g/mol. The largest absolute Gasteiger partial charge is 0.276 e. The molecule has 0 fully saturated rings. The second kappa shape index (κ2) is 6.10. The van der Waals surface area contributed by atoms with Gasteiger partial charge in [0.2, 0.25) is 0 Å².